The molecular weight excluding hydrogens is 352 g/mol. The molecule has 6 nitrogen and oxygen atoms in total. The quantitative estimate of drug-likeness (QED) is 0.538. The summed E-state index contributed by atoms with van der Waals surface area (Å²) < 4.78 is 5.57. The third-order valence-corrected chi connectivity index (χ3v) is 3.17. The number of halogens is 1. The first-order chi connectivity index (χ1) is 10.5. The minimum atomic E-state index is -0.317. The molecule has 0 unspecified atom stereocenters. The molecule has 1 aromatic carbocycles. The molecule has 1 rings (SSSR count). The van der Waals surface area contributed by atoms with Gasteiger partial charge in [0.1, 0.15) is 0 Å². The molecule has 0 atom stereocenters. The number of hydrogen-bond donors (Lipinski definition) is 2. The van der Waals surface area contributed by atoms with Crippen LogP contribution in [0.1, 0.15) is 30.1 Å². The van der Waals surface area contributed by atoms with Crippen LogP contribution in [0.4, 0.5) is 0 Å². The minimum absolute atomic E-state index is 0.106. The molecule has 0 aliphatic heterocycles. The van der Waals surface area contributed by atoms with Crippen LogP contribution < -0.4 is 10.6 Å². The highest BCUT2D eigenvalue weighted by Gasteiger charge is 2.08. The molecule has 7 heteroatoms. The van der Waals surface area contributed by atoms with Crippen LogP contribution in [0.25, 0.3) is 0 Å². The van der Waals surface area contributed by atoms with E-state index in [2.05, 4.69) is 26.6 Å². The van der Waals surface area contributed by atoms with Gasteiger partial charge in [0.05, 0.1) is 13.2 Å². The van der Waals surface area contributed by atoms with E-state index in [9.17, 15) is 14.4 Å². The molecule has 0 aromatic heterocycles. The summed E-state index contributed by atoms with van der Waals surface area (Å²) in [6.07, 6.45) is 0.767. The van der Waals surface area contributed by atoms with Gasteiger partial charge in [-0.15, -0.1) is 0 Å². The van der Waals surface area contributed by atoms with E-state index in [1.54, 1.807) is 25.1 Å². The summed E-state index contributed by atoms with van der Waals surface area (Å²) in [5.74, 6) is -0.894. The fourth-order valence-corrected chi connectivity index (χ4v) is 2.05. The second-order valence-electron chi connectivity index (χ2n) is 4.45. The van der Waals surface area contributed by atoms with Gasteiger partial charge in [0.25, 0.3) is 5.91 Å². The van der Waals surface area contributed by atoms with Crippen molar-refractivity contribution >= 4 is 33.7 Å². The van der Waals surface area contributed by atoms with Gasteiger partial charge in [0.2, 0.25) is 5.91 Å². The summed E-state index contributed by atoms with van der Waals surface area (Å²) in [5, 5.41) is 5.16. The fraction of sp³-hybridized carbons (Fsp3) is 0.400. The number of esters is 1. The zero-order valence-electron chi connectivity index (χ0n) is 12.4. The first-order valence-corrected chi connectivity index (χ1v) is 7.78. The topological polar surface area (TPSA) is 84.5 Å². The predicted octanol–water partition coefficient (Wildman–Crippen LogP) is 1.64. The van der Waals surface area contributed by atoms with E-state index in [1.165, 1.54) is 0 Å². The van der Waals surface area contributed by atoms with Crippen LogP contribution >= 0.6 is 15.9 Å². The fourth-order valence-electron chi connectivity index (χ4n) is 1.65. The standard InChI is InChI=1S/C15H19BrN2O4/c1-2-22-14(20)7-4-8-17-13(19)10-18-15(21)11-5-3-6-12(16)9-11/h3,5-6,9H,2,4,7-8,10H2,1H3,(H,17,19)(H,18,21). The van der Waals surface area contributed by atoms with Crippen molar-refractivity contribution in [1.29, 1.82) is 0 Å². The van der Waals surface area contributed by atoms with Crippen molar-refractivity contribution in [2.75, 3.05) is 19.7 Å². The van der Waals surface area contributed by atoms with E-state index in [4.69, 9.17) is 4.74 Å². The smallest absolute Gasteiger partial charge is 0.305 e. The van der Waals surface area contributed by atoms with Crippen LogP contribution in [0, 0.1) is 0 Å². The highest BCUT2D eigenvalue weighted by atomic mass is 79.9. The lowest BCUT2D eigenvalue weighted by molar-refractivity contribution is -0.143. The van der Waals surface area contributed by atoms with Crippen molar-refractivity contribution in [3.8, 4) is 0 Å². The molecule has 1 aromatic rings. The molecular formula is C15H19BrN2O4. The Morgan fingerprint density at radius 3 is 2.68 bits per heavy atom. The van der Waals surface area contributed by atoms with Gasteiger partial charge in [-0.2, -0.15) is 0 Å². The third kappa shape index (κ3) is 7.21. The summed E-state index contributed by atoms with van der Waals surface area (Å²) in [4.78, 5) is 34.5. The van der Waals surface area contributed by atoms with E-state index < -0.39 is 0 Å². The molecule has 0 aliphatic carbocycles. The summed E-state index contributed by atoms with van der Waals surface area (Å²) in [5.41, 5.74) is 0.476. The van der Waals surface area contributed by atoms with Crippen LogP contribution in [0.2, 0.25) is 0 Å². The summed E-state index contributed by atoms with van der Waals surface area (Å²) in [7, 11) is 0. The Hall–Kier alpha value is -1.89. The van der Waals surface area contributed by atoms with Gasteiger partial charge < -0.3 is 15.4 Å². The van der Waals surface area contributed by atoms with Crippen LogP contribution in [0.3, 0.4) is 0 Å². The number of amides is 2. The molecule has 22 heavy (non-hydrogen) atoms. The molecule has 0 heterocycles. The molecule has 2 N–H and O–H groups in total. The monoisotopic (exact) mass is 370 g/mol. The SMILES string of the molecule is CCOC(=O)CCCNC(=O)CNC(=O)c1cccc(Br)c1. The number of carbonyl (C=O) groups is 3. The van der Waals surface area contributed by atoms with Crippen molar-refractivity contribution in [2.24, 2.45) is 0 Å². The van der Waals surface area contributed by atoms with Crippen LogP contribution in [-0.2, 0) is 14.3 Å². The second kappa shape index (κ2) is 9.94. The van der Waals surface area contributed by atoms with Crippen molar-refractivity contribution in [3.63, 3.8) is 0 Å². The number of hydrogen-bond acceptors (Lipinski definition) is 4. The van der Waals surface area contributed by atoms with E-state index in [-0.39, 0.29) is 30.7 Å². The van der Waals surface area contributed by atoms with Gasteiger partial charge in [-0.1, -0.05) is 22.0 Å². The lowest BCUT2D eigenvalue weighted by Crippen LogP contribution is -2.37. The van der Waals surface area contributed by atoms with Gasteiger partial charge in [-0.25, -0.2) is 0 Å². The second-order valence-corrected chi connectivity index (χ2v) is 5.37. The first-order valence-electron chi connectivity index (χ1n) is 6.99. The zero-order valence-corrected chi connectivity index (χ0v) is 13.9. The number of ether oxygens (including phenoxy) is 1. The molecule has 0 bridgehead atoms. The van der Waals surface area contributed by atoms with Crippen LogP contribution in [0.15, 0.2) is 28.7 Å². The molecule has 0 aliphatic rings. The number of benzene rings is 1. The van der Waals surface area contributed by atoms with Gasteiger partial charge >= 0.3 is 5.97 Å². The van der Waals surface area contributed by atoms with E-state index >= 15 is 0 Å². The van der Waals surface area contributed by atoms with E-state index in [0.717, 1.165) is 4.47 Å². The summed E-state index contributed by atoms with van der Waals surface area (Å²) >= 11 is 3.28. The number of nitrogens with one attached hydrogen (secondary N) is 2. The summed E-state index contributed by atoms with van der Waals surface area (Å²) in [6.45, 7) is 2.36. The highest BCUT2D eigenvalue weighted by molar-refractivity contribution is 9.10. The molecule has 0 spiro atoms. The molecule has 120 valence electrons. The van der Waals surface area contributed by atoms with Crippen LogP contribution in [0.5, 0.6) is 0 Å². The van der Waals surface area contributed by atoms with E-state index in [1.807, 2.05) is 6.07 Å². The maximum atomic E-state index is 11.8. The maximum Gasteiger partial charge on any atom is 0.305 e. The molecule has 0 saturated heterocycles. The minimum Gasteiger partial charge on any atom is -0.466 e. The van der Waals surface area contributed by atoms with Crippen molar-refractivity contribution in [3.05, 3.63) is 34.3 Å². The maximum absolute atomic E-state index is 11.8. The number of rotatable bonds is 8. The molecule has 0 radical (unpaired) electrons. The van der Waals surface area contributed by atoms with E-state index in [0.29, 0.717) is 25.1 Å². The zero-order chi connectivity index (χ0) is 16.4. The predicted molar refractivity (Wildman–Crippen MR) is 85.4 cm³/mol. The van der Waals surface area contributed by atoms with Crippen LogP contribution in [-0.4, -0.2) is 37.5 Å². The van der Waals surface area contributed by atoms with Gasteiger partial charge in [-0.3, -0.25) is 14.4 Å². The average molecular weight is 371 g/mol. The first kappa shape index (κ1) is 18.2. The third-order valence-electron chi connectivity index (χ3n) is 2.68. The Kier molecular flexibility index (Phi) is 8.21. The van der Waals surface area contributed by atoms with Gasteiger partial charge in [-0.05, 0) is 31.5 Å². The lowest BCUT2D eigenvalue weighted by atomic mass is 10.2. The van der Waals surface area contributed by atoms with Gasteiger partial charge in [0.15, 0.2) is 0 Å². The molecule has 2 amide bonds. The Morgan fingerprint density at radius 2 is 2.00 bits per heavy atom. The van der Waals surface area contributed by atoms with Crippen molar-refractivity contribution in [1.82, 2.24) is 10.6 Å². The largest absolute Gasteiger partial charge is 0.466 e. The van der Waals surface area contributed by atoms with Gasteiger partial charge in [0, 0.05) is 23.0 Å². The Morgan fingerprint density at radius 1 is 1.23 bits per heavy atom. The lowest BCUT2D eigenvalue weighted by Gasteiger charge is -2.07. The normalized spacial score (nSPS) is 9.91. The number of carbonyl (C=O) groups excluding carboxylic acids is 3. The van der Waals surface area contributed by atoms with Crippen molar-refractivity contribution in [2.45, 2.75) is 19.8 Å². The molecule has 0 saturated carbocycles. The molecule has 0 fully saturated rings. The van der Waals surface area contributed by atoms with Crippen molar-refractivity contribution < 1.29 is 19.1 Å². The highest BCUT2D eigenvalue weighted by Crippen LogP contribution is 2.11. The Labute approximate surface area is 137 Å². The average Bonchev–Trinajstić information content (AvgIpc) is 2.49. The Bertz CT molecular complexity index is 534. The summed E-state index contributed by atoms with van der Waals surface area (Å²) in [6, 6.07) is 6.89. The Balaban J connectivity index is 2.20.